The maximum absolute atomic E-state index is 5.77. The van der Waals surface area contributed by atoms with E-state index in [4.69, 9.17) is 22.7 Å². The highest BCUT2D eigenvalue weighted by molar-refractivity contribution is 7.80. The Kier molecular flexibility index (Phi) is 4.49. The van der Waals surface area contributed by atoms with Crippen LogP contribution in [0.1, 0.15) is 25.3 Å². The molecule has 1 atom stereocenters. The van der Waals surface area contributed by atoms with E-state index < -0.39 is 0 Å². The van der Waals surface area contributed by atoms with Crippen LogP contribution >= 0.6 is 12.2 Å². The summed E-state index contributed by atoms with van der Waals surface area (Å²) >= 11 is 5.09. The van der Waals surface area contributed by atoms with Crippen LogP contribution < -0.4 is 10.6 Å². The highest BCUT2D eigenvalue weighted by Gasteiger charge is 2.20. The minimum atomic E-state index is 0.258. The normalized spacial score (nSPS) is 20.5. The molecule has 1 unspecified atom stereocenters. The number of hydrogen-bond donors (Lipinski definition) is 1. The van der Waals surface area contributed by atoms with Crippen LogP contribution in [0.25, 0.3) is 0 Å². The summed E-state index contributed by atoms with van der Waals surface area (Å²) in [5.41, 5.74) is 6.61. The molecule has 1 aliphatic rings. The van der Waals surface area contributed by atoms with Crippen LogP contribution in [-0.2, 0) is 4.74 Å². The van der Waals surface area contributed by atoms with E-state index >= 15 is 0 Å². The van der Waals surface area contributed by atoms with Gasteiger partial charge in [-0.15, -0.1) is 0 Å². The SMILES string of the molecule is CCC1CN(c2ncccc2C(N)=S)CCCO1. The summed E-state index contributed by atoms with van der Waals surface area (Å²) in [4.78, 5) is 7.07. The second-order valence-electron chi connectivity index (χ2n) is 4.44. The number of anilines is 1. The zero-order chi connectivity index (χ0) is 13.0. The molecule has 0 aromatic carbocycles. The van der Waals surface area contributed by atoms with Crippen molar-refractivity contribution >= 4 is 23.0 Å². The highest BCUT2D eigenvalue weighted by Crippen LogP contribution is 2.20. The van der Waals surface area contributed by atoms with E-state index in [-0.39, 0.29) is 6.10 Å². The summed E-state index contributed by atoms with van der Waals surface area (Å²) in [7, 11) is 0. The van der Waals surface area contributed by atoms with Crippen molar-refractivity contribution in [2.24, 2.45) is 5.73 Å². The van der Waals surface area contributed by atoms with Gasteiger partial charge in [-0.25, -0.2) is 4.98 Å². The second-order valence-corrected chi connectivity index (χ2v) is 4.88. The molecule has 1 fully saturated rings. The van der Waals surface area contributed by atoms with Gasteiger partial charge in [-0.1, -0.05) is 19.1 Å². The number of nitrogens with zero attached hydrogens (tertiary/aromatic N) is 2. The molecule has 2 heterocycles. The largest absolute Gasteiger partial charge is 0.389 e. The molecule has 98 valence electrons. The van der Waals surface area contributed by atoms with Crippen molar-refractivity contribution in [2.75, 3.05) is 24.6 Å². The average Bonchev–Trinajstić information content (AvgIpc) is 2.64. The molecule has 2 N–H and O–H groups in total. The summed E-state index contributed by atoms with van der Waals surface area (Å²) in [5.74, 6) is 0.883. The summed E-state index contributed by atoms with van der Waals surface area (Å²) in [6.07, 6.45) is 4.05. The molecule has 18 heavy (non-hydrogen) atoms. The number of nitrogens with two attached hydrogens (primary N) is 1. The minimum Gasteiger partial charge on any atom is -0.389 e. The van der Waals surface area contributed by atoms with E-state index in [1.54, 1.807) is 6.20 Å². The van der Waals surface area contributed by atoms with Gasteiger partial charge < -0.3 is 15.4 Å². The molecule has 0 amide bonds. The summed E-state index contributed by atoms with van der Waals surface area (Å²) in [5, 5.41) is 0. The van der Waals surface area contributed by atoms with Crippen LogP contribution in [0.4, 0.5) is 5.82 Å². The maximum Gasteiger partial charge on any atom is 0.138 e. The molecule has 0 saturated carbocycles. The summed E-state index contributed by atoms with van der Waals surface area (Å²) in [6, 6.07) is 3.79. The van der Waals surface area contributed by atoms with Gasteiger partial charge in [0.25, 0.3) is 0 Å². The first-order valence-electron chi connectivity index (χ1n) is 6.33. The molecule has 0 aliphatic carbocycles. The van der Waals surface area contributed by atoms with Gasteiger partial charge in [0.2, 0.25) is 0 Å². The first kappa shape index (κ1) is 13.2. The Morgan fingerprint density at radius 1 is 1.67 bits per heavy atom. The van der Waals surface area contributed by atoms with Crippen molar-refractivity contribution < 1.29 is 4.74 Å². The Bertz CT molecular complexity index is 424. The molecule has 0 spiro atoms. The van der Waals surface area contributed by atoms with Crippen LogP contribution in [0.3, 0.4) is 0 Å². The first-order chi connectivity index (χ1) is 8.72. The molecule has 1 saturated heterocycles. The Morgan fingerprint density at radius 3 is 3.22 bits per heavy atom. The van der Waals surface area contributed by atoms with Crippen molar-refractivity contribution in [3.63, 3.8) is 0 Å². The van der Waals surface area contributed by atoms with E-state index in [9.17, 15) is 0 Å². The zero-order valence-electron chi connectivity index (χ0n) is 10.6. The van der Waals surface area contributed by atoms with Crippen molar-refractivity contribution in [1.29, 1.82) is 0 Å². The fraction of sp³-hybridized carbons (Fsp3) is 0.538. The minimum absolute atomic E-state index is 0.258. The number of thiocarbonyl (C=S) groups is 1. The number of ether oxygens (including phenoxy) is 1. The molecule has 5 heteroatoms. The number of hydrogen-bond acceptors (Lipinski definition) is 4. The maximum atomic E-state index is 5.77. The zero-order valence-corrected chi connectivity index (χ0v) is 11.4. The van der Waals surface area contributed by atoms with Gasteiger partial charge >= 0.3 is 0 Å². The molecule has 1 aromatic rings. The predicted molar refractivity (Wildman–Crippen MR) is 77.0 cm³/mol. The number of aromatic nitrogens is 1. The Balaban J connectivity index is 2.26. The summed E-state index contributed by atoms with van der Waals surface area (Å²) < 4.78 is 5.77. The van der Waals surface area contributed by atoms with Crippen LogP contribution in [0.2, 0.25) is 0 Å². The average molecular weight is 265 g/mol. The molecule has 1 aliphatic heterocycles. The van der Waals surface area contributed by atoms with Gasteiger partial charge in [0.1, 0.15) is 10.8 Å². The fourth-order valence-electron chi connectivity index (χ4n) is 2.18. The van der Waals surface area contributed by atoms with Gasteiger partial charge in [-0.05, 0) is 25.0 Å². The van der Waals surface area contributed by atoms with Gasteiger partial charge in [0.05, 0.1) is 11.7 Å². The lowest BCUT2D eigenvalue weighted by atomic mass is 10.2. The van der Waals surface area contributed by atoms with Gasteiger partial charge in [-0.2, -0.15) is 0 Å². The van der Waals surface area contributed by atoms with E-state index in [2.05, 4.69) is 16.8 Å². The van der Waals surface area contributed by atoms with E-state index in [0.29, 0.717) is 4.99 Å². The second kappa shape index (κ2) is 6.11. The lowest BCUT2D eigenvalue weighted by Gasteiger charge is -2.26. The van der Waals surface area contributed by atoms with Crippen LogP contribution in [0.15, 0.2) is 18.3 Å². The summed E-state index contributed by atoms with van der Waals surface area (Å²) in [6.45, 7) is 4.73. The van der Waals surface area contributed by atoms with Crippen LogP contribution in [0.5, 0.6) is 0 Å². The van der Waals surface area contributed by atoms with E-state index in [0.717, 1.165) is 43.9 Å². The standard InChI is InChI=1S/C13H19N3OS/c1-2-10-9-16(7-4-8-17-10)13-11(12(14)18)5-3-6-15-13/h3,5-6,10H,2,4,7-9H2,1H3,(H2,14,18). The number of pyridine rings is 1. The number of rotatable bonds is 3. The molecule has 2 rings (SSSR count). The first-order valence-corrected chi connectivity index (χ1v) is 6.74. The van der Waals surface area contributed by atoms with Crippen molar-refractivity contribution in [3.8, 4) is 0 Å². The third-order valence-corrected chi connectivity index (χ3v) is 3.38. The lowest BCUT2D eigenvalue weighted by molar-refractivity contribution is 0.0664. The van der Waals surface area contributed by atoms with Crippen LogP contribution in [-0.4, -0.2) is 35.8 Å². The van der Waals surface area contributed by atoms with Crippen molar-refractivity contribution in [3.05, 3.63) is 23.9 Å². The smallest absolute Gasteiger partial charge is 0.138 e. The molecular weight excluding hydrogens is 246 g/mol. The van der Waals surface area contributed by atoms with Crippen LogP contribution in [0, 0.1) is 0 Å². The molecule has 4 nitrogen and oxygen atoms in total. The molecular formula is C13H19N3OS. The lowest BCUT2D eigenvalue weighted by Crippen LogP contribution is -2.33. The fourth-order valence-corrected chi connectivity index (χ4v) is 2.34. The van der Waals surface area contributed by atoms with E-state index in [1.807, 2.05) is 12.1 Å². The topological polar surface area (TPSA) is 51.4 Å². The molecule has 0 radical (unpaired) electrons. The molecule has 1 aromatic heterocycles. The van der Waals surface area contributed by atoms with Crippen molar-refractivity contribution in [2.45, 2.75) is 25.9 Å². The van der Waals surface area contributed by atoms with Crippen molar-refractivity contribution in [1.82, 2.24) is 4.98 Å². The predicted octanol–water partition coefficient (Wildman–Crippen LogP) is 1.72. The van der Waals surface area contributed by atoms with E-state index in [1.165, 1.54) is 0 Å². The Labute approximate surface area is 113 Å². The van der Waals surface area contributed by atoms with Gasteiger partial charge in [0, 0.05) is 25.9 Å². The van der Waals surface area contributed by atoms with Gasteiger partial charge in [0.15, 0.2) is 0 Å². The quantitative estimate of drug-likeness (QED) is 0.843. The molecule has 0 bridgehead atoms. The highest BCUT2D eigenvalue weighted by atomic mass is 32.1. The third-order valence-electron chi connectivity index (χ3n) is 3.16. The monoisotopic (exact) mass is 265 g/mol. The Hall–Kier alpha value is -1.20. The Morgan fingerprint density at radius 2 is 2.50 bits per heavy atom. The van der Waals surface area contributed by atoms with Gasteiger partial charge in [-0.3, -0.25) is 0 Å². The third kappa shape index (κ3) is 2.97.